The fraction of sp³-hybridized carbons (Fsp3) is 0. The summed E-state index contributed by atoms with van der Waals surface area (Å²) in [4.78, 5) is 0. The molecule has 0 saturated heterocycles. The quantitative estimate of drug-likeness (QED) is 0.570. The summed E-state index contributed by atoms with van der Waals surface area (Å²) >= 11 is 3.31. The van der Waals surface area contributed by atoms with Crippen LogP contribution in [0.25, 0.3) is 0 Å². The highest BCUT2D eigenvalue weighted by Gasteiger charge is 1.99. The number of hydrogen-bond donors (Lipinski definition) is 0. The van der Waals surface area contributed by atoms with Gasteiger partial charge in [-0.05, 0) is 28.1 Å². The Kier molecular flexibility index (Phi) is 2.36. The van der Waals surface area contributed by atoms with E-state index in [-0.39, 0.29) is 0 Å². The SMILES string of the molecule is C#Cc1cccc(Br)c1C#C. The van der Waals surface area contributed by atoms with Crippen molar-refractivity contribution >= 4 is 15.9 Å². The average Bonchev–Trinajstić information content (AvgIpc) is 2.04. The van der Waals surface area contributed by atoms with Crippen LogP contribution in [0.4, 0.5) is 0 Å². The van der Waals surface area contributed by atoms with Crippen molar-refractivity contribution in [2.45, 2.75) is 0 Å². The predicted octanol–water partition coefficient (Wildman–Crippen LogP) is 2.41. The van der Waals surface area contributed by atoms with E-state index in [0.717, 1.165) is 15.6 Å². The van der Waals surface area contributed by atoms with Crippen LogP contribution >= 0.6 is 15.9 Å². The summed E-state index contributed by atoms with van der Waals surface area (Å²) in [5.41, 5.74) is 1.50. The third kappa shape index (κ3) is 1.45. The van der Waals surface area contributed by atoms with Gasteiger partial charge in [-0.1, -0.05) is 17.9 Å². The van der Waals surface area contributed by atoms with E-state index in [9.17, 15) is 0 Å². The van der Waals surface area contributed by atoms with Crippen LogP contribution in [0.1, 0.15) is 11.1 Å². The Bertz CT molecular complexity index is 350. The number of terminal acetylenes is 2. The zero-order valence-electron chi connectivity index (χ0n) is 5.76. The first-order chi connectivity index (χ1) is 5.29. The molecule has 0 spiro atoms. The van der Waals surface area contributed by atoms with E-state index in [2.05, 4.69) is 27.8 Å². The lowest BCUT2D eigenvalue weighted by Gasteiger charge is -1.97. The minimum atomic E-state index is 0.745. The lowest BCUT2D eigenvalue weighted by Crippen LogP contribution is -1.83. The molecule has 0 saturated carbocycles. The smallest absolute Gasteiger partial charge is 0.0541 e. The van der Waals surface area contributed by atoms with Gasteiger partial charge in [0.1, 0.15) is 0 Å². The maximum absolute atomic E-state index is 5.25. The molecule has 1 heteroatoms. The van der Waals surface area contributed by atoms with Crippen LogP contribution in [0, 0.1) is 24.7 Å². The molecular formula is C10H5Br. The van der Waals surface area contributed by atoms with E-state index in [4.69, 9.17) is 12.8 Å². The molecule has 0 aliphatic heterocycles. The fourth-order valence-electron chi connectivity index (χ4n) is 0.791. The summed E-state index contributed by atoms with van der Waals surface area (Å²) in [6.07, 6.45) is 10.5. The van der Waals surface area contributed by atoms with E-state index in [1.807, 2.05) is 18.2 Å². The molecule has 1 rings (SSSR count). The highest BCUT2D eigenvalue weighted by molar-refractivity contribution is 9.10. The minimum Gasteiger partial charge on any atom is -0.115 e. The summed E-state index contributed by atoms with van der Waals surface area (Å²) in [7, 11) is 0. The van der Waals surface area contributed by atoms with E-state index < -0.39 is 0 Å². The Morgan fingerprint density at radius 3 is 2.36 bits per heavy atom. The van der Waals surface area contributed by atoms with E-state index in [1.165, 1.54) is 0 Å². The topological polar surface area (TPSA) is 0 Å². The van der Waals surface area contributed by atoms with Gasteiger partial charge in [0, 0.05) is 10.0 Å². The monoisotopic (exact) mass is 204 g/mol. The first-order valence-corrected chi connectivity index (χ1v) is 3.80. The molecule has 0 aliphatic rings. The molecule has 0 aliphatic carbocycles. The predicted molar refractivity (Wildman–Crippen MR) is 50.0 cm³/mol. The van der Waals surface area contributed by atoms with Crippen LogP contribution < -0.4 is 0 Å². The third-order valence-corrected chi connectivity index (χ3v) is 1.97. The highest BCUT2D eigenvalue weighted by atomic mass is 79.9. The van der Waals surface area contributed by atoms with Crippen LogP contribution in [-0.4, -0.2) is 0 Å². The van der Waals surface area contributed by atoms with Gasteiger partial charge < -0.3 is 0 Å². The molecule has 1 aromatic carbocycles. The zero-order valence-corrected chi connectivity index (χ0v) is 7.35. The average molecular weight is 205 g/mol. The normalized spacial score (nSPS) is 8.27. The zero-order chi connectivity index (χ0) is 8.27. The lowest BCUT2D eigenvalue weighted by atomic mass is 10.1. The second kappa shape index (κ2) is 3.28. The first kappa shape index (κ1) is 7.92. The molecule has 0 unspecified atom stereocenters. The summed E-state index contributed by atoms with van der Waals surface area (Å²) < 4.78 is 0.871. The Labute approximate surface area is 74.8 Å². The molecule has 52 valence electrons. The van der Waals surface area contributed by atoms with Gasteiger partial charge >= 0.3 is 0 Å². The van der Waals surface area contributed by atoms with E-state index >= 15 is 0 Å². The van der Waals surface area contributed by atoms with Crippen molar-refractivity contribution in [1.82, 2.24) is 0 Å². The molecule has 0 heterocycles. The van der Waals surface area contributed by atoms with Gasteiger partial charge in [0.2, 0.25) is 0 Å². The van der Waals surface area contributed by atoms with Gasteiger partial charge in [-0.2, -0.15) is 0 Å². The maximum Gasteiger partial charge on any atom is 0.0541 e. The first-order valence-electron chi connectivity index (χ1n) is 3.01. The summed E-state index contributed by atoms with van der Waals surface area (Å²) in [6.45, 7) is 0. The van der Waals surface area contributed by atoms with Gasteiger partial charge in [0.15, 0.2) is 0 Å². The lowest BCUT2D eigenvalue weighted by molar-refractivity contribution is 1.54. The molecule has 0 atom stereocenters. The molecule has 0 radical (unpaired) electrons. The Hall–Kier alpha value is -1.18. The van der Waals surface area contributed by atoms with Crippen molar-refractivity contribution in [3.8, 4) is 24.7 Å². The van der Waals surface area contributed by atoms with Crippen molar-refractivity contribution in [3.05, 3.63) is 33.8 Å². The summed E-state index contributed by atoms with van der Waals surface area (Å²) in [5.74, 6) is 5.04. The van der Waals surface area contributed by atoms with Crippen molar-refractivity contribution in [2.24, 2.45) is 0 Å². The van der Waals surface area contributed by atoms with Crippen LogP contribution in [0.3, 0.4) is 0 Å². The second-order valence-corrected chi connectivity index (χ2v) is 2.81. The molecule has 11 heavy (non-hydrogen) atoms. The standard InChI is InChI=1S/C10H5Br/c1-3-8-6-5-7-10(11)9(8)4-2/h1-2,5-7H. The highest BCUT2D eigenvalue weighted by Crippen LogP contribution is 2.18. The Morgan fingerprint density at radius 1 is 1.18 bits per heavy atom. The van der Waals surface area contributed by atoms with Crippen molar-refractivity contribution in [3.63, 3.8) is 0 Å². The van der Waals surface area contributed by atoms with Crippen LogP contribution in [0.5, 0.6) is 0 Å². The van der Waals surface area contributed by atoms with Crippen molar-refractivity contribution < 1.29 is 0 Å². The second-order valence-electron chi connectivity index (χ2n) is 1.95. The van der Waals surface area contributed by atoms with E-state index in [1.54, 1.807) is 0 Å². The maximum atomic E-state index is 5.25. The number of halogens is 1. The van der Waals surface area contributed by atoms with Crippen molar-refractivity contribution in [2.75, 3.05) is 0 Å². The van der Waals surface area contributed by atoms with Gasteiger partial charge in [0.25, 0.3) is 0 Å². The number of rotatable bonds is 0. The molecule has 1 aromatic rings. The number of benzene rings is 1. The Balaban J connectivity index is 3.42. The van der Waals surface area contributed by atoms with Gasteiger partial charge in [-0.15, -0.1) is 12.8 Å². The van der Waals surface area contributed by atoms with Gasteiger partial charge in [-0.3, -0.25) is 0 Å². The summed E-state index contributed by atoms with van der Waals surface area (Å²) in [5, 5.41) is 0. The molecule has 0 bridgehead atoms. The third-order valence-electron chi connectivity index (χ3n) is 1.31. The minimum absolute atomic E-state index is 0.745. The van der Waals surface area contributed by atoms with E-state index in [0.29, 0.717) is 0 Å². The molecule has 0 amide bonds. The molecule has 0 N–H and O–H groups in total. The molecule has 0 fully saturated rings. The van der Waals surface area contributed by atoms with Gasteiger partial charge in [-0.25, -0.2) is 0 Å². The number of hydrogen-bond acceptors (Lipinski definition) is 0. The van der Waals surface area contributed by atoms with Gasteiger partial charge in [0.05, 0.1) is 5.56 Å². The molecule has 0 aromatic heterocycles. The van der Waals surface area contributed by atoms with Crippen LogP contribution in [0.15, 0.2) is 22.7 Å². The van der Waals surface area contributed by atoms with Crippen LogP contribution in [0.2, 0.25) is 0 Å². The largest absolute Gasteiger partial charge is 0.115 e. The molecular weight excluding hydrogens is 200 g/mol. The fourth-order valence-corrected chi connectivity index (χ4v) is 1.27. The summed E-state index contributed by atoms with van der Waals surface area (Å²) in [6, 6.07) is 5.55. The van der Waals surface area contributed by atoms with Crippen LogP contribution in [-0.2, 0) is 0 Å². The molecule has 0 nitrogen and oxygen atoms in total. The Morgan fingerprint density at radius 2 is 1.91 bits per heavy atom. The van der Waals surface area contributed by atoms with Crippen molar-refractivity contribution in [1.29, 1.82) is 0 Å².